The molecule has 3 heterocycles. The summed E-state index contributed by atoms with van der Waals surface area (Å²) in [6.45, 7) is 0. The maximum atomic E-state index is 6.09. The zero-order valence-corrected chi connectivity index (χ0v) is 29.7. The molecule has 5 nitrogen and oxygen atoms in total. The van der Waals surface area contributed by atoms with E-state index in [2.05, 4.69) is 183 Å². The summed E-state index contributed by atoms with van der Waals surface area (Å²) in [6, 6.07) is 68.7. The molecule has 0 fully saturated rings. The van der Waals surface area contributed by atoms with E-state index in [0.717, 1.165) is 33.5 Å². The quantitative estimate of drug-likeness (QED) is 0.173. The summed E-state index contributed by atoms with van der Waals surface area (Å²) in [5.41, 5.74) is 13.4. The van der Waals surface area contributed by atoms with E-state index in [1.165, 1.54) is 54.8 Å². The molecular formula is C50H32N4O. The van der Waals surface area contributed by atoms with Crippen LogP contribution in [0.3, 0.4) is 0 Å². The molecule has 0 saturated heterocycles. The van der Waals surface area contributed by atoms with Crippen molar-refractivity contribution >= 4 is 43.6 Å². The second-order valence-electron chi connectivity index (χ2n) is 13.9. The number of nitrogens with zero attached hydrogens (tertiary/aromatic N) is 4. The molecule has 3 aromatic heterocycles. The summed E-state index contributed by atoms with van der Waals surface area (Å²) in [5, 5.41) is 13.6. The minimum Gasteiger partial charge on any atom is -0.416 e. The van der Waals surface area contributed by atoms with Crippen LogP contribution in [0.4, 0.5) is 0 Å². The van der Waals surface area contributed by atoms with Crippen LogP contribution in [0.1, 0.15) is 0 Å². The van der Waals surface area contributed by atoms with Gasteiger partial charge in [0.1, 0.15) is 0 Å². The maximum Gasteiger partial charge on any atom is 0.248 e. The highest BCUT2D eigenvalue weighted by Crippen LogP contribution is 2.39. The lowest BCUT2D eigenvalue weighted by atomic mass is 9.99. The van der Waals surface area contributed by atoms with Gasteiger partial charge in [0.15, 0.2) is 0 Å². The summed E-state index contributed by atoms with van der Waals surface area (Å²) in [5.74, 6) is 1.000. The van der Waals surface area contributed by atoms with Gasteiger partial charge in [0.25, 0.3) is 0 Å². The second kappa shape index (κ2) is 12.6. The molecule has 0 amide bonds. The molecule has 0 N–H and O–H groups in total. The highest BCUT2D eigenvalue weighted by molar-refractivity contribution is 6.13. The van der Waals surface area contributed by atoms with Crippen molar-refractivity contribution in [1.29, 1.82) is 0 Å². The van der Waals surface area contributed by atoms with Crippen LogP contribution in [0.5, 0.6) is 0 Å². The fourth-order valence-electron chi connectivity index (χ4n) is 8.09. The van der Waals surface area contributed by atoms with Crippen LogP contribution >= 0.6 is 0 Å². The third-order valence-corrected chi connectivity index (χ3v) is 10.7. The molecule has 258 valence electrons. The van der Waals surface area contributed by atoms with Gasteiger partial charge in [-0.2, -0.15) is 0 Å². The Kier molecular flexibility index (Phi) is 7.10. The van der Waals surface area contributed by atoms with E-state index < -0.39 is 0 Å². The number of hydrogen-bond donors (Lipinski definition) is 0. The highest BCUT2D eigenvalue weighted by Gasteiger charge is 2.18. The Bertz CT molecular complexity index is 3180. The van der Waals surface area contributed by atoms with E-state index >= 15 is 0 Å². The Morgan fingerprint density at radius 1 is 0.291 bits per heavy atom. The summed E-state index contributed by atoms with van der Waals surface area (Å²) in [7, 11) is 0. The van der Waals surface area contributed by atoms with Gasteiger partial charge in [0, 0.05) is 44.0 Å². The predicted octanol–water partition coefficient (Wildman–Crippen LogP) is 12.9. The van der Waals surface area contributed by atoms with Crippen molar-refractivity contribution in [2.75, 3.05) is 0 Å². The Morgan fingerprint density at radius 2 is 0.727 bits per heavy atom. The number of fused-ring (bicyclic) bond motifs is 6. The van der Waals surface area contributed by atoms with Crippen LogP contribution in [0.25, 0.3) is 100 Å². The Morgan fingerprint density at radius 3 is 1.38 bits per heavy atom. The Hall–Kier alpha value is -7.50. The van der Waals surface area contributed by atoms with Gasteiger partial charge in [-0.25, -0.2) is 0 Å². The number of rotatable bonds is 6. The third-order valence-electron chi connectivity index (χ3n) is 10.7. The van der Waals surface area contributed by atoms with Gasteiger partial charge in [-0.15, -0.1) is 10.2 Å². The zero-order valence-electron chi connectivity index (χ0n) is 29.7. The van der Waals surface area contributed by atoms with Gasteiger partial charge in [0.2, 0.25) is 11.8 Å². The Labute approximate surface area is 317 Å². The van der Waals surface area contributed by atoms with Crippen molar-refractivity contribution < 1.29 is 4.42 Å². The molecular weight excluding hydrogens is 673 g/mol. The molecule has 5 heteroatoms. The highest BCUT2D eigenvalue weighted by atomic mass is 16.4. The van der Waals surface area contributed by atoms with Crippen LogP contribution in [0.2, 0.25) is 0 Å². The molecule has 0 aliphatic rings. The number of aromatic nitrogens is 4. The van der Waals surface area contributed by atoms with Crippen LogP contribution in [0.15, 0.2) is 199 Å². The number of hydrogen-bond acceptors (Lipinski definition) is 3. The summed E-state index contributed by atoms with van der Waals surface area (Å²) in [6.07, 6.45) is 0. The van der Waals surface area contributed by atoms with Crippen molar-refractivity contribution in [3.8, 4) is 56.5 Å². The van der Waals surface area contributed by atoms with Crippen molar-refractivity contribution in [1.82, 2.24) is 19.3 Å². The minimum absolute atomic E-state index is 0.493. The molecule has 0 radical (unpaired) electrons. The van der Waals surface area contributed by atoms with E-state index in [-0.39, 0.29) is 0 Å². The van der Waals surface area contributed by atoms with Crippen molar-refractivity contribution in [3.63, 3.8) is 0 Å². The van der Waals surface area contributed by atoms with Crippen LogP contribution in [-0.2, 0) is 0 Å². The van der Waals surface area contributed by atoms with Gasteiger partial charge >= 0.3 is 0 Å². The molecule has 0 atom stereocenters. The Balaban J connectivity index is 1.05. The minimum atomic E-state index is 0.493. The zero-order chi connectivity index (χ0) is 36.3. The van der Waals surface area contributed by atoms with E-state index in [9.17, 15) is 0 Å². The molecule has 0 unspecified atom stereocenters. The third kappa shape index (κ3) is 5.17. The molecule has 0 aliphatic heterocycles. The van der Waals surface area contributed by atoms with Crippen LogP contribution in [-0.4, -0.2) is 19.3 Å². The lowest BCUT2D eigenvalue weighted by Crippen LogP contribution is -1.94. The summed E-state index contributed by atoms with van der Waals surface area (Å²) in [4.78, 5) is 0. The van der Waals surface area contributed by atoms with Crippen LogP contribution in [0, 0.1) is 0 Å². The monoisotopic (exact) mass is 704 g/mol. The van der Waals surface area contributed by atoms with E-state index in [1.54, 1.807) is 0 Å². The van der Waals surface area contributed by atoms with E-state index in [0.29, 0.717) is 11.8 Å². The fraction of sp³-hybridized carbons (Fsp3) is 0. The lowest BCUT2D eigenvalue weighted by molar-refractivity contribution is 0.584. The standard InChI is InChI=1S/C50H32N4O/c1-4-12-33(13-5-1)38-22-27-42-44-31-37(36-23-28-46-43(30-36)41-18-10-11-19-45(41)53(46)39-16-8-3-9-17-39)24-29-47(44)54(48(42)32-38)40-25-20-35(21-26-40)50-52-51-49(55-50)34-14-6-2-7-15-34/h1-32H. The smallest absolute Gasteiger partial charge is 0.248 e. The maximum absolute atomic E-state index is 6.09. The summed E-state index contributed by atoms with van der Waals surface area (Å²) < 4.78 is 10.8. The summed E-state index contributed by atoms with van der Waals surface area (Å²) >= 11 is 0. The first-order valence-corrected chi connectivity index (χ1v) is 18.5. The average Bonchev–Trinajstić information content (AvgIpc) is 3.97. The molecule has 11 aromatic rings. The van der Waals surface area contributed by atoms with Gasteiger partial charge in [-0.3, -0.25) is 0 Å². The largest absolute Gasteiger partial charge is 0.416 e. The topological polar surface area (TPSA) is 48.8 Å². The first kappa shape index (κ1) is 31.1. The van der Waals surface area contributed by atoms with Gasteiger partial charge < -0.3 is 13.6 Å². The van der Waals surface area contributed by atoms with Gasteiger partial charge in [0.05, 0.1) is 22.1 Å². The van der Waals surface area contributed by atoms with Crippen molar-refractivity contribution in [2.45, 2.75) is 0 Å². The van der Waals surface area contributed by atoms with Crippen LogP contribution < -0.4 is 0 Å². The van der Waals surface area contributed by atoms with Crippen molar-refractivity contribution in [2.24, 2.45) is 0 Å². The SMILES string of the molecule is c1ccc(-c2ccc3c4cc(-c5ccc6c(c5)c5ccccc5n6-c5ccccc5)ccc4n(-c4ccc(-c5nnc(-c6ccccc6)o5)cc4)c3c2)cc1. The molecule has 8 aromatic carbocycles. The molecule has 0 bridgehead atoms. The molecule has 0 saturated carbocycles. The number of benzene rings is 8. The predicted molar refractivity (Wildman–Crippen MR) is 225 cm³/mol. The fourth-order valence-corrected chi connectivity index (χ4v) is 8.09. The van der Waals surface area contributed by atoms with Gasteiger partial charge in [-0.05, 0) is 107 Å². The first-order valence-electron chi connectivity index (χ1n) is 18.5. The molecule has 0 spiro atoms. The lowest BCUT2D eigenvalue weighted by Gasteiger charge is -2.10. The normalized spacial score (nSPS) is 11.6. The average molecular weight is 705 g/mol. The van der Waals surface area contributed by atoms with E-state index in [4.69, 9.17) is 4.42 Å². The number of para-hydroxylation sites is 2. The first-order chi connectivity index (χ1) is 27.3. The second-order valence-corrected chi connectivity index (χ2v) is 13.9. The van der Waals surface area contributed by atoms with E-state index in [1.807, 2.05) is 30.3 Å². The van der Waals surface area contributed by atoms with Gasteiger partial charge in [-0.1, -0.05) is 109 Å². The van der Waals surface area contributed by atoms with Crippen molar-refractivity contribution in [3.05, 3.63) is 194 Å². The molecule has 0 aliphatic carbocycles. The molecule has 55 heavy (non-hydrogen) atoms. The molecule has 11 rings (SSSR count).